The minimum absolute atomic E-state index is 0.334. The van der Waals surface area contributed by atoms with Gasteiger partial charge in [-0.05, 0) is 51.2 Å². The Morgan fingerprint density at radius 1 is 1.24 bits per heavy atom. The van der Waals surface area contributed by atoms with E-state index in [1.165, 1.54) is 25.7 Å². The van der Waals surface area contributed by atoms with E-state index >= 15 is 0 Å². The van der Waals surface area contributed by atoms with Crippen molar-refractivity contribution in [2.24, 2.45) is 5.92 Å². The van der Waals surface area contributed by atoms with Crippen LogP contribution in [0.25, 0.3) is 0 Å². The summed E-state index contributed by atoms with van der Waals surface area (Å²) in [4.78, 5) is 13.8. The van der Waals surface area contributed by atoms with Crippen molar-refractivity contribution < 1.29 is 4.79 Å². The lowest BCUT2D eigenvalue weighted by atomic mass is 9.98. The SMILES string of the molecule is O=C(CCNCC1CCNCC1)N1CCCC1. The van der Waals surface area contributed by atoms with Gasteiger partial charge in [-0.25, -0.2) is 0 Å². The first kappa shape index (κ1) is 12.8. The maximum Gasteiger partial charge on any atom is 0.223 e. The Labute approximate surface area is 104 Å². The Hall–Kier alpha value is -0.610. The molecular formula is C13H25N3O. The van der Waals surface area contributed by atoms with Crippen LogP contribution in [0.2, 0.25) is 0 Å². The molecule has 1 amide bonds. The van der Waals surface area contributed by atoms with Gasteiger partial charge in [0.25, 0.3) is 0 Å². The number of hydrogen-bond donors (Lipinski definition) is 2. The van der Waals surface area contributed by atoms with E-state index < -0.39 is 0 Å². The molecule has 17 heavy (non-hydrogen) atoms. The second kappa shape index (κ2) is 6.97. The van der Waals surface area contributed by atoms with Gasteiger partial charge in [-0.1, -0.05) is 0 Å². The minimum atomic E-state index is 0.334. The molecule has 0 aromatic carbocycles. The predicted molar refractivity (Wildman–Crippen MR) is 68.9 cm³/mol. The molecule has 0 radical (unpaired) electrons. The first-order chi connectivity index (χ1) is 8.36. The average molecular weight is 239 g/mol. The number of piperidine rings is 1. The first-order valence-corrected chi connectivity index (χ1v) is 7.05. The van der Waals surface area contributed by atoms with Crippen molar-refractivity contribution in [3.8, 4) is 0 Å². The highest BCUT2D eigenvalue weighted by Gasteiger charge is 2.17. The first-order valence-electron chi connectivity index (χ1n) is 7.05. The number of nitrogens with zero attached hydrogens (tertiary/aromatic N) is 1. The number of likely N-dealkylation sites (tertiary alicyclic amines) is 1. The zero-order chi connectivity index (χ0) is 11.9. The Bertz CT molecular complexity index is 233. The van der Waals surface area contributed by atoms with Gasteiger partial charge in [0, 0.05) is 26.1 Å². The number of rotatable bonds is 5. The Morgan fingerprint density at radius 2 is 1.94 bits per heavy atom. The summed E-state index contributed by atoms with van der Waals surface area (Å²) in [5.74, 6) is 1.14. The maximum absolute atomic E-state index is 11.8. The summed E-state index contributed by atoms with van der Waals surface area (Å²) < 4.78 is 0. The van der Waals surface area contributed by atoms with Crippen LogP contribution in [0.1, 0.15) is 32.1 Å². The summed E-state index contributed by atoms with van der Waals surface area (Å²) in [6.07, 6.45) is 5.59. The molecule has 0 atom stereocenters. The van der Waals surface area contributed by atoms with E-state index in [-0.39, 0.29) is 0 Å². The fraction of sp³-hybridized carbons (Fsp3) is 0.923. The van der Waals surface area contributed by atoms with Gasteiger partial charge in [0.2, 0.25) is 5.91 Å². The molecule has 0 aromatic heterocycles. The molecule has 0 unspecified atom stereocenters. The average Bonchev–Trinajstić information content (AvgIpc) is 2.89. The smallest absolute Gasteiger partial charge is 0.223 e. The van der Waals surface area contributed by atoms with E-state index in [1.807, 2.05) is 4.90 Å². The monoisotopic (exact) mass is 239 g/mol. The highest BCUT2D eigenvalue weighted by molar-refractivity contribution is 5.76. The molecular weight excluding hydrogens is 214 g/mol. The third-order valence-corrected chi connectivity index (χ3v) is 3.87. The highest BCUT2D eigenvalue weighted by Crippen LogP contribution is 2.10. The summed E-state index contributed by atoms with van der Waals surface area (Å²) in [5, 5.41) is 6.81. The topological polar surface area (TPSA) is 44.4 Å². The van der Waals surface area contributed by atoms with E-state index in [1.54, 1.807) is 0 Å². The van der Waals surface area contributed by atoms with Gasteiger partial charge in [0.05, 0.1) is 0 Å². The lowest BCUT2D eigenvalue weighted by molar-refractivity contribution is -0.130. The van der Waals surface area contributed by atoms with Gasteiger partial charge >= 0.3 is 0 Å². The molecule has 0 aromatic rings. The minimum Gasteiger partial charge on any atom is -0.343 e. The molecule has 0 bridgehead atoms. The lowest BCUT2D eigenvalue weighted by Crippen LogP contribution is -2.35. The standard InChI is InChI=1S/C13H25N3O/c17-13(16-9-1-2-10-16)5-8-15-11-12-3-6-14-7-4-12/h12,14-15H,1-11H2. The van der Waals surface area contributed by atoms with Gasteiger partial charge in [-0.3, -0.25) is 4.79 Å². The van der Waals surface area contributed by atoms with E-state index in [9.17, 15) is 4.79 Å². The molecule has 2 N–H and O–H groups in total. The van der Waals surface area contributed by atoms with E-state index in [4.69, 9.17) is 0 Å². The molecule has 4 nitrogen and oxygen atoms in total. The molecule has 4 heteroatoms. The van der Waals surface area contributed by atoms with Gasteiger partial charge < -0.3 is 15.5 Å². The molecule has 2 aliphatic rings. The van der Waals surface area contributed by atoms with Crippen LogP contribution in [0.3, 0.4) is 0 Å². The molecule has 0 saturated carbocycles. The predicted octanol–water partition coefficient (Wildman–Crippen LogP) is 0.588. The van der Waals surface area contributed by atoms with Crippen LogP contribution < -0.4 is 10.6 Å². The number of carbonyl (C=O) groups excluding carboxylic acids is 1. The highest BCUT2D eigenvalue weighted by atomic mass is 16.2. The van der Waals surface area contributed by atoms with Crippen LogP contribution in [0.5, 0.6) is 0 Å². The maximum atomic E-state index is 11.8. The second-order valence-electron chi connectivity index (χ2n) is 5.24. The van der Waals surface area contributed by atoms with Crippen molar-refractivity contribution in [3.05, 3.63) is 0 Å². The van der Waals surface area contributed by atoms with Crippen LogP contribution in [0.15, 0.2) is 0 Å². The van der Waals surface area contributed by atoms with Crippen molar-refractivity contribution >= 4 is 5.91 Å². The number of nitrogens with one attached hydrogen (secondary N) is 2. The Kier molecular flexibility index (Phi) is 5.26. The van der Waals surface area contributed by atoms with Gasteiger partial charge in [-0.15, -0.1) is 0 Å². The van der Waals surface area contributed by atoms with Crippen molar-refractivity contribution in [2.45, 2.75) is 32.1 Å². The summed E-state index contributed by atoms with van der Waals surface area (Å²) >= 11 is 0. The van der Waals surface area contributed by atoms with Crippen LogP contribution >= 0.6 is 0 Å². The largest absolute Gasteiger partial charge is 0.343 e. The molecule has 0 aliphatic carbocycles. The van der Waals surface area contributed by atoms with Crippen molar-refractivity contribution in [3.63, 3.8) is 0 Å². The fourth-order valence-electron chi connectivity index (χ4n) is 2.71. The van der Waals surface area contributed by atoms with Crippen molar-refractivity contribution in [2.75, 3.05) is 39.3 Å². The molecule has 0 spiro atoms. The molecule has 2 rings (SSSR count). The molecule has 2 aliphatic heterocycles. The third-order valence-electron chi connectivity index (χ3n) is 3.87. The third kappa shape index (κ3) is 4.28. The van der Waals surface area contributed by atoms with Gasteiger partial charge in [-0.2, -0.15) is 0 Å². The number of carbonyl (C=O) groups is 1. The summed E-state index contributed by atoms with van der Waals surface area (Å²) in [5.41, 5.74) is 0. The van der Waals surface area contributed by atoms with E-state index in [0.29, 0.717) is 12.3 Å². The molecule has 2 heterocycles. The van der Waals surface area contributed by atoms with Gasteiger partial charge in [0.1, 0.15) is 0 Å². The van der Waals surface area contributed by atoms with E-state index in [2.05, 4.69) is 10.6 Å². The van der Waals surface area contributed by atoms with Crippen LogP contribution in [0.4, 0.5) is 0 Å². The lowest BCUT2D eigenvalue weighted by Gasteiger charge is -2.23. The molecule has 98 valence electrons. The number of hydrogen-bond acceptors (Lipinski definition) is 3. The molecule has 2 fully saturated rings. The molecule has 2 saturated heterocycles. The summed E-state index contributed by atoms with van der Waals surface area (Å²) in [7, 11) is 0. The quantitative estimate of drug-likeness (QED) is 0.690. The Balaban J connectivity index is 1.51. The van der Waals surface area contributed by atoms with E-state index in [0.717, 1.165) is 45.2 Å². The van der Waals surface area contributed by atoms with Crippen LogP contribution in [-0.2, 0) is 4.79 Å². The van der Waals surface area contributed by atoms with Gasteiger partial charge in [0.15, 0.2) is 0 Å². The zero-order valence-electron chi connectivity index (χ0n) is 10.7. The summed E-state index contributed by atoms with van der Waals surface area (Å²) in [6.45, 7) is 6.19. The Morgan fingerprint density at radius 3 is 2.65 bits per heavy atom. The van der Waals surface area contributed by atoms with Crippen molar-refractivity contribution in [1.82, 2.24) is 15.5 Å². The number of amides is 1. The van der Waals surface area contributed by atoms with Crippen LogP contribution in [-0.4, -0.2) is 50.1 Å². The zero-order valence-corrected chi connectivity index (χ0v) is 10.7. The normalized spacial score (nSPS) is 22.0. The summed E-state index contributed by atoms with van der Waals surface area (Å²) in [6, 6.07) is 0. The van der Waals surface area contributed by atoms with Crippen LogP contribution in [0, 0.1) is 5.92 Å². The van der Waals surface area contributed by atoms with Crippen molar-refractivity contribution in [1.29, 1.82) is 0 Å². The fourth-order valence-corrected chi connectivity index (χ4v) is 2.71. The second-order valence-corrected chi connectivity index (χ2v) is 5.24.